The Balaban J connectivity index is 1.58. The van der Waals surface area contributed by atoms with E-state index in [2.05, 4.69) is 26.3 Å². The quantitative estimate of drug-likeness (QED) is 0.611. The van der Waals surface area contributed by atoms with Gasteiger partial charge in [0.15, 0.2) is 5.13 Å². The second-order valence-corrected chi connectivity index (χ2v) is 6.27. The Labute approximate surface area is 135 Å². The van der Waals surface area contributed by atoms with Crippen LogP contribution in [0.5, 0.6) is 0 Å². The molecule has 4 aromatic rings. The Bertz CT molecular complexity index is 865. The maximum Gasteiger partial charge on any atom is 0.187 e. The van der Waals surface area contributed by atoms with Gasteiger partial charge in [-0.05, 0) is 18.2 Å². The van der Waals surface area contributed by atoms with E-state index in [1.165, 1.54) is 0 Å². The summed E-state index contributed by atoms with van der Waals surface area (Å²) in [5, 5.41) is 9.10. The number of nitrogens with one attached hydrogen (secondary N) is 1. The topological polar surface area (TPSA) is 55.6 Å². The van der Waals surface area contributed by atoms with Gasteiger partial charge in [0, 0.05) is 40.7 Å². The van der Waals surface area contributed by atoms with E-state index in [9.17, 15) is 0 Å². The molecule has 0 aliphatic carbocycles. The van der Waals surface area contributed by atoms with Gasteiger partial charge in [0.1, 0.15) is 10.7 Å². The maximum absolute atomic E-state index is 4.58. The Hall–Kier alpha value is -2.51. The normalized spacial score (nSPS) is 10.7. The zero-order chi connectivity index (χ0) is 14.8. The molecule has 0 saturated heterocycles. The van der Waals surface area contributed by atoms with Gasteiger partial charge in [-0.1, -0.05) is 6.07 Å². The lowest BCUT2D eigenvalue weighted by Crippen LogP contribution is -1.93. The summed E-state index contributed by atoms with van der Waals surface area (Å²) in [6.07, 6.45) is 7.26. The molecule has 0 radical (unpaired) electrons. The summed E-state index contributed by atoms with van der Waals surface area (Å²) in [5.41, 5.74) is 2.96. The monoisotopic (exact) mass is 325 g/mol. The third kappa shape index (κ3) is 2.63. The number of imidazole rings is 1. The summed E-state index contributed by atoms with van der Waals surface area (Å²) in [5.74, 6) is 0. The Morgan fingerprint density at radius 1 is 1.14 bits per heavy atom. The van der Waals surface area contributed by atoms with Crippen LogP contribution in [0.4, 0.5) is 10.8 Å². The SMILES string of the molecule is c1cc(Nc2nc(-c3nccs3)cs2)cc(-n2ccnc2)c1. The van der Waals surface area contributed by atoms with Crippen LogP contribution < -0.4 is 5.32 Å². The number of benzene rings is 1. The van der Waals surface area contributed by atoms with Crippen molar-refractivity contribution in [1.82, 2.24) is 19.5 Å². The zero-order valence-corrected chi connectivity index (χ0v) is 13.0. The van der Waals surface area contributed by atoms with Gasteiger partial charge in [0.2, 0.25) is 0 Å². The van der Waals surface area contributed by atoms with E-state index in [1.54, 1.807) is 41.4 Å². The molecular formula is C15H11N5S2. The molecule has 1 aromatic carbocycles. The van der Waals surface area contributed by atoms with E-state index in [4.69, 9.17) is 0 Å². The molecule has 0 bridgehead atoms. The summed E-state index contributed by atoms with van der Waals surface area (Å²) in [7, 11) is 0. The smallest absolute Gasteiger partial charge is 0.187 e. The molecule has 5 nitrogen and oxygen atoms in total. The average molecular weight is 325 g/mol. The number of aromatic nitrogens is 4. The Morgan fingerprint density at radius 3 is 2.95 bits per heavy atom. The average Bonchev–Trinajstić information content (AvgIpc) is 3.29. The summed E-state index contributed by atoms with van der Waals surface area (Å²) >= 11 is 3.16. The second kappa shape index (κ2) is 5.70. The molecule has 22 heavy (non-hydrogen) atoms. The molecule has 7 heteroatoms. The van der Waals surface area contributed by atoms with Gasteiger partial charge in [-0.15, -0.1) is 22.7 Å². The van der Waals surface area contributed by atoms with Gasteiger partial charge < -0.3 is 9.88 Å². The highest BCUT2D eigenvalue weighted by Crippen LogP contribution is 2.28. The fourth-order valence-electron chi connectivity index (χ4n) is 2.06. The fraction of sp³-hybridized carbons (Fsp3) is 0. The summed E-state index contributed by atoms with van der Waals surface area (Å²) < 4.78 is 1.97. The second-order valence-electron chi connectivity index (χ2n) is 4.52. The first-order chi connectivity index (χ1) is 10.9. The van der Waals surface area contributed by atoms with E-state index in [-0.39, 0.29) is 0 Å². The minimum atomic E-state index is 0.855. The van der Waals surface area contributed by atoms with E-state index in [0.717, 1.165) is 27.2 Å². The highest BCUT2D eigenvalue weighted by molar-refractivity contribution is 7.15. The predicted octanol–water partition coefficient (Wildman–Crippen LogP) is 4.20. The summed E-state index contributed by atoms with van der Waals surface area (Å²) in [6.45, 7) is 0. The molecule has 0 amide bonds. The van der Waals surface area contributed by atoms with Gasteiger partial charge >= 0.3 is 0 Å². The molecule has 0 saturated carbocycles. The van der Waals surface area contributed by atoms with Gasteiger partial charge in [-0.25, -0.2) is 15.0 Å². The van der Waals surface area contributed by atoms with Crippen molar-refractivity contribution in [2.24, 2.45) is 0 Å². The minimum absolute atomic E-state index is 0.855. The van der Waals surface area contributed by atoms with Gasteiger partial charge in [-0.2, -0.15) is 0 Å². The standard InChI is InChI=1S/C15H11N5S2/c1-2-11(8-12(3-1)20-6-4-16-10-20)18-15-19-13(9-22-15)14-17-5-7-21-14/h1-10H,(H,18,19). The molecule has 0 atom stereocenters. The van der Waals surface area contributed by atoms with Crippen LogP contribution in [-0.4, -0.2) is 19.5 Å². The van der Waals surface area contributed by atoms with Crippen molar-refractivity contribution in [3.8, 4) is 16.4 Å². The molecule has 1 N–H and O–H groups in total. The van der Waals surface area contributed by atoms with Crippen molar-refractivity contribution in [3.63, 3.8) is 0 Å². The first-order valence-corrected chi connectivity index (χ1v) is 8.35. The van der Waals surface area contributed by atoms with Crippen molar-refractivity contribution >= 4 is 33.5 Å². The van der Waals surface area contributed by atoms with E-state index in [0.29, 0.717) is 0 Å². The van der Waals surface area contributed by atoms with Crippen LogP contribution in [0.15, 0.2) is 59.9 Å². The summed E-state index contributed by atoms with van der Waals surface area (Å²) in [6, 6.07) is 8.12. The third-order valence-electron chi connectivity index (χ3n) is 3.06. The number of nitrogens with zero attached hydrogens (tertiary/aromatic N) is 4. The zero-order valence-electron chi connectivity index (χ0n) is 11.4. The van der Waals surface area contributed by atoms with Crippen molar-refractivity contribution in [2.45, 2.75) is 0 Å². The van der Waals surface area contributed by atoms with Crippen molar-refractivity contribution in [2.75, 3.05) is 5.32 Å². The van der Waals surface area contributed by atoms with Gasteiger partial charge in [0.05, 0.1) is 6.33 Å². The predicted molar refractivity (Wildman–Crippen MR) is 90.1 cm³/mol. The highest BCUT2D eigenvalue weighted by Gasteiger charge is 2.07. The van der Waals surface area contributed by atoms with Crippen LogP contribution >= 0.6 is 22.7 Å². The molecule has 0 spiro atoms. The van der Waals surface area contributed by atoms with Crippen molar-refractivity contribution in [3.05, 3.63) is 59.9 Å². The van der Waals surface area contributed by atoms with Crippen LogP contribution in [0.25, 0.3) is 16.4 Å². The van der Waals surface area contributed by atoms with Crippen LogP contribution in [-0.2, 0) is 0 Å². The Kier molecular flexibility index (Phi) is 3.42. The molecular weight excluding hydrogens is 314 g/mol. The van der Waals surface area contributed by atoms with Crippen LogP contribution in [0, 0.1) is 0 Å². The third-order valence-corrected chi connectivity index (χ3v) is 4.61. The first kappa shape index (κ1) is 13.2. The fourth-order valence-corrected chi connectivity index (χ4v) is 3.45. The van der Waals surface area contributed by atoms with E-state index < -0.39 is 0 Å². The molecule has 4 rings (SSSR count). The largest absolute Gasteiger partial charge is 0.331 e. The molecule has 3 heterocycles. The van der Waals surface area contributed by atoms with Gasteiger partial charge in [0.25, 0.3) is 0 Å². The van der Waals surface area contributed by atoms with Gasteiger partial charge in [-0.3, -0.25) is 0 Å². The number of thiazole rings is 2. The maximum atomic E-state index is 4.58. The van der Waals surface area contributed by atoms with Crippen LogP contribution in [0.3, 0.4) is 0 Å². The van der Waals surface area contributed by atoms with E-state index >= 15 is 0 Å². The lowest BCUT2D eigenvalue weighted by molar-refractivity contribution is 1.06. The van der Waals surface area contributed by atoms with Crippen LogP contribution in [0.1, 0.15) is 0 Å². The number of hydrogen-bond donors (Lipinski definition) is 1. The lowest BCUT2D eigenvalue weighted by Gasteiger charge is -2.06. The van der Waals surface area contributed by atoms with Crippen molar-refractivity contribution < 1.29 is 0 Å². The number of rotatable bonds is 4. The molecule has 108 valence electrons. The van der Waals surface area contributed by atoms with Crippen molar-refractivity contribution in [1.29, 1.82) is 0 Å². The molecule has 0 aliphatic heterocycles. The summed E-state index contributed by atoms with van der Waals surface area (Å²) in [4.78, 5) is 12.9. The molecule has 0 aliphatic rings. The van der Waals surface area contributed by atoms with Crippen LogP contribution in [0.2, 0.25) is 0 Å². The molecule has 0 fully saturated rings. The Morgan fingerprint density at radius 2 is 2.14 bits per heavy atom. The highest BCUT2D eigenvalue weighted by atomic mass is 32.1. The minimum Gasteiger partial charge on any atom is -0.331 e. The van der Waals surface area contributed by atoms with E-state index in [1.807, 2.05) is 39.7 Å². The first-order valence-electron chi connectivity index (χ1n) is 6.59. The lowest BCUT2D eigenvalue weighted by atomic mass is 10.3. The number of hydrogen-bond acceptors (Lipinski definition) is 6. The molecule has 0 unspecified atom stereocenters. The molecule has 3 aromatic heterocycles. The number of anilines is 2.